The summed E-state index contributed by atoms with van der Waals surface area (Å²) in [4.78, 5) is 10.2. The Morgan fingerprint density at radius 3 is 2.50 bits per heavy atom. The molecule has 5 nitrogen and oxygen atoms in total. The third kappa shape index (κ3) is 2.74. The summed E-state index contributed by atoms with van der Waals surface area (Å²) < 4.78 is 0. The van der Waals surface area contributed by atoms with E-state index < -0.39 is 4.92 Å². The topological polar surface area (TPSA) is 79.0 Å². The molecule has 2 saturated carbocycles. The number of nitro benzene ring substituents is 1. The van der Waals surface area contributed by atoms with Gasteiger partial charge in [-0.15, -0.1) is 0 Å². The maximum absolute atomic E-state index is 10.7. The minimum atomic E-state index is -0.470. The van der Waals surface area contributed by atoms with Crippen LogP contribution in [-0.2, 0) is 0 Å². The lowest BCUT2D eigenvalue weighted by Crippen LogP contribution is -2.18. The Morgan fingerprint density at radius 2 is 2.00 bits per heavy atom. The fourth-order valence-electron chi connectivity index (χ4n) is 2.89. The number of nitrogens with zero attached hydrogens (tertiary/aromatic N) is 2. The van der Waals surface area contributed by atoms with Crippen LogP contribution in [0.15, 0.2) is 18.2 Å². The monoisotopic (exact) mass is 271 g/mol. The van der Waals surface area contributed by atoms with Gasteiger partial charge in [0.05, 0.1) is 16.2 Å². The Labute approximate surface area is 117 Å². The quantitative estimate of drug-likeness (QED) is 0.636. The Bertz CT molecular complexity index is 559. The van der Waals surface area contributed by atoms with Crippen LogP contribution in [0.4, 0.5) is 11.4 Å². The molecule has 0 radical (unpaired) electrons. The van der Waals surface area contributed by atoms with Crippen molar-refractivity contribution in [3.05, 3.63) is 33.9 Å². The highest BCUT2D eigenvalue weighted by molar-refractivity contribution is 5.61. The zero-order chi connectivity index (χ0) is 14.1. The van der Waals surface area contributed by atoms with Crippen LogP contribution < -0.4 is 5.32 Å². The van der Waals surface area contributed by atoms with Gasteiger partial charge >= 0.3 is 0 Å². The first-order chi connectivity index (χ1) is 9.69. The third-order valence-electron chi connectivity index (χ3n) is 4.32. The predicted octanol–water partition coefficient (Wildman–Crippen LogP) is 3.31. The molecule has 0 spiro atoms. The van der Waals surface area contributed by atoms with Crippen LogP contribution >= 0.6 is 0 Å². The Morgan fingerprint density at radius 1 is 1.35 bits per heavy atom. The maximum Gasteiger partial charge on any atom is 0.270 e. The number of nitro groups is 1. The summed E-state index contributed by atoms with van der Waals surface area (Å²) in [6, 6.07) is 6.47. The number of anilines is 1. The summed E-state index contributed by atoms with van der Waals surface area (Å²) in [6.45, 7) is 0.877. The largest absolute Gasteiger partial charge is 0.384 e. The van der Waals surface area contributed by atoms with Crippen LogP contribution in [0, 0.1) is 39.2 Å². The van der Waals surface area contributed by atoms with Gasteiger partial charge in [0.2, 0.25) is 0 Å². The Balaban J connectivity index is 1.70. The molecular formula is C15H17N3O2. The van der Waals surface area contributed by atoms with E-state index in [-0.39, 0.29) is 5.69 Å². The molecule has 0 amide bonds. The molecule has 3 rings (SSSR count). The summed E-state index contributed by atoms with van der Waals surface area (Å²) in [7, 11) is 0. The van der Waals surface area contributed by atoms with Crippen molar-refractivity contribution in [3.63, 3.8) is 0 Å². The second-order valence-electron chi connectivity index (χ2n) is 5.82. The molecule has 104 valence electrons. The highest BCUT2D eigenvalue weighted by atomic mass is 16.6. The van der Waals surface area contributed by atoms with Crippen LogP contribution in [0.2, 0.25) is 0 Å². The van der Waals surface area contributed by atoms with Gasteiger partial charge < -0.3 is 5.32 Å². The number of benzene rings is 1. The molecule has 0 bridgehead atoms. The van der Waals surface area contributed by atoms with Crippen molar-refractivity contribution in [2.75, 3.05) is 11.9 Å². The zero-order valence-electron chi connectivity index (χ0n) is 11.2. The number of hydrogen-bond acceptors (Lipinski definition) is 4. The highest BCUT2D eigenvalue weighted by Gasteiger charge is 2.41. The van der Waals surface area contributed by atoms with Gasteiger partial charge in [-0.2, -0.15) is 5.26 Å². The van der Waals surface area contributed by atoms with E-state index in [0.29, 0.717) is 17.2 Å². The van der Waals surface area contributed by atoms with E-state index in [4.69, 9.17) is 5.26 Å². The first-order valence-electron chi connectivity index (χ1n) is 7.11. The lowest BCUT2D eigenvalue weighted by atomic mass is 9.97. The molecule has 2 fully saturated rings. The van der Waals surface area contributed by atoms with Gasteiger partial charge in [-0.1, -0.05) is 0 Å². The molecule has 0 aromatic heterocycles. The molecule has 2 aliphatic rings. The molecule has 1 aromatic rings. The van der Waals surface area contributed by atoms with Crippen molar-refractivity contribution in [3.8, 4) is 6.07 Å². The van der Waals surface area contributed by atoms with E-state index in [1.807, 2.05) is 6.07 Å². The lowest BCUT2D eigenvalue weighted by Gasteiger charge is -2.17. The summed E-state index contributed by atoms with van der Waals surface area (Å²) in [5.74, 6) is 2.40. The van der Waals surface area contributed by atoms with Crippen molar-refractivity contribution in [1.82, 2.24) is 0 Å². The molecule has 0 atom stereocenters. The zero-order valence-corrected chi connectivity index (χ0v) is 11.2. The van der Waals surface area contributed by atoms with Gasteiger partial charge in [0.15, 0.2) is 0 Å². The summed E-state index contributed by atoms with van der Waals surface area (Å²) in [6.07, 6.45) is 5.31. The van der Waals surface area contributed by atoms with E-state index in [2.05, 4.69) is 5.32 Å². The second-order valence-corrected chi connectivity index (χ2v) is 5.82. The van der Waals surface area contributed by atoms with Gasteiger partial charge in [0, 0.05) is 18.7 Å². The summed E-state index contributed by atoms with van der Waals surface area (Å²) >= 11 is 0. The second kappa shape index (κ2) is 5.12. The Kier molecular flexibility index (Phi) is 3.31. The molecule has 0 saturated heterocycles. The van der Waals surface area contributed by atoms with Crippen molar-refractivity contribution >= 4 is 11.4 Å². The fourth-order valence-corrected chi connectivity index (χ4v) is 2.89. The molecule has 0 unspecified atom stereocenters. The van der Waals surface area contributed by atoms with Gasteiger partial charge in [0.1, 0.15) is 6.07 Å². The van der Waals surface area contributed by atoms with Gasteiger partial charge in [-0.05, 0) is 49.5 Å². The van der Waals surface area contributed by atoms with Crippen molar-refractivity contribution in [1.29, 1.82) is 5.26 Å². The van der Waals surface area contributed by atoms with Crippen molar-refractivity contribution in [2.45, 2.75) is 25.7 Å². The van der Waals surface area contributed by atoms with Crippen LogP contribution in [0.1, 0.15) is 31.2 Å². The van der Waals surface area contributed by atoms with Crippen molar-refractivity contribution in [2.24, 2.45) is 17.8 Å². The number of rotatable bonds is 6. The van der Waals surface area contributed by atoms with Crippen LogP contribution in [-0.4, -0.2) is 11.5 Å². The molecule has 1 aromatic carbocycles. The Hall–Kier alpha value is -2.09. The minimum Gasteiger partial charge on any atom is -0.384 e. The van der Waals surface area contributed by atoms with Crippen LogP contribution in [0.5, 0.6) is 0 Å². The SMILES string of the molecule is N#Cc1cc([N+](=O)[O-])ccc1NCC(C1CC1)C1CC1. The smallest absolute Gasteiger partial charge is 0.270 e. The molecule has 5 heteroatoms. The van der Waals surface area contributed by atoms with E-state index in [1.54, 1.807) is 6.07 Å². The van der Waals surface area contributed by atoms with Gasteiger partial charge in [-0.3, -0.25) is 10.1 Å². The minimum absolute atomic E-state index is 0.0342. The average molecular weight is 271 g/mol. The van der Waals surface area contributed by atoms with Crippen molar-refractivity contribution < 1.29 is 4.92 Å². The normalized spacial score (nSPS) is 17.8. The first kappa shape index (κ1) is 12.9. The standard InChI is InChI=1S/C15H17N3O2/c16-8-12-7-13(18(19)20)5-6-15(12)17-9-14(10-1-2-10)11-3-4-11/h5-7,10-11,14,17H,1-4,9H2. The predicted molar refractivity (Wildman–Crippen MR) is 75.2 cm³/mol. The number of hydrogen-bond donors (Lipinski definition) is 1. The van der Waals surface area contributed by atoms with E-state index >= 15 is 0 Å². The van der Waals surface area contributed by atoms with E-state index in [1.165, 1.54) is 37.8 Å². The summed E-state index contributed by atoms with van der Waals surface area (Å²) in [5, 5.41) is 23.2. The van der Waals surface area contributed by atoms with Gasteiger partial charge in [-0.25, -0.2) is 0 Å². The molecule has 2 aliphatic carbocycles. The highest BCUT2D eigenvalue weighted by Crippen LogP contribution is 2.49. The molecule has 1 N–H and O–H groups in total. The van der Waals surface area contributed by atoms with Gasteiger partial charge in [0.25, 0.3) is 5.69 Å². The molecule has 0 heterocycles. The van der Waals surface area contributed by atoms with E-state index in [0.717, 1.165) is 18.4 Å². The fraction of sp³-hybridized carbons (Fsp3) is 0.533. The number of nitriles is 1. The maximum atomic E-state index is 10.7. The lowest BCUT2D eigenvalue weighted by molar-refractivity contribution is -0.384. The number of nitrogens with one attached hydrogen (secondary N) is 1. The average Bonchev–Trinajstić information content (AvgIpc) is 3.32. The molecule has 20 heavy (non-hydrogen) atoms. The summed E-state index contributed by atoms with van der Waals surface area (Å²) in [5.41, 5.74) is 1.03. The van der Waals surface area contributed by atoms with E-state index in [9.17, 15) is 10.1 Å². The molecular weight excluding hydrogens is 254 g/mol. The molecule has 0 aliphatic heterocycles. The van der Waals surface area contributed by atoms with Crippen LogP contribution in [0.3, 0.4) is 0 Å². The third-order valence-corrected chi connectivity index (χ3v) is 4.32. The van der Waals surface area contributed by atoms with Crippen LogP contribution in [0.25, 0.3) is 0 Å². The first-order valence-corrected chi connectivity index (χ1v) is 7.11. The number of non-ortho nitro benzene ring substituents is 1.